The Bertz CT molecular complexity index is 1390. The van der Waals surface area contributed by atoms with Gasteiger partial charge in [0, 0.05) is 29.2 Å². The Hall–Kier alpha value is -4.37. The van der Waals surface area contributed by atoms with Gasteiger partial charge in [0.05, 0.1) is 11.8 Å². The first-order valence-corrected chi connectivity index (χ1v) is 10.2. The Balaban J connectivity index is 1.46. The van der Waals surface area contributed by atoms with E-state index in [0.717, 1.165) is 23.0 Å². The third-order valence-electron chi connectivity index (χ3n) is 5.48. The summed E-state index contributed by atoms with van der Waals surface area (Å²) in [4.78, 5) is 12.2. The number of hydrogen-bond acceptors (Lipinski definition) is 4. The van der Waals surface area contributed by atoms with Crippen LogP contribution in [-0.2, 0) is 6.54 Å². The molecule has 3 aromatic carbocycles. The topological polar surface area (TPSA) is 90.4 Å². The van der Waals surface area contributed by atoms with Crippen molar-refractivity contribution in [3.63, 3.8) is 0 Å². The van der Waals surface area contributed by atoms with Crippen LogP contribution in [0.1, 0.15) is 38.2 Å². The van der Waals surface area contributed by atoms with Crippen molar-refractivity contribution in [2.75, 3.05) is 0 Å². The second-order valence-electron chi connectivity index (χ2n) is 7.72. The van der Waals surface area contributed by atoms with Crippen LogP contribution in [0.15, 0.2) is 72.0 Å². The van der Waals surface area contributed by atoms with Gasteiger partial charge in [0.25, 0.3) is 5.91 Å². The van der Waals surface area contributed by atoms with Crippen molar-refractivity contribution in [3.8, 4) is 11.8 Å². The van der Waals surface area contributed by atoms with E-state index in [4.69, 9.17) is 5.26 Å². The molecule has 0 atom stereocenters. The lowest BCUT2D eigenvalue weighted by molar-refractivity contribution is 0.0955. The molecule has 0 aliphatic carbocycles. The molecule has 0 bridgehead atoms. The Morgan fingerprint density at radius 2 is 1.94 bits per heavy atom. The number of phenols is 1. The molecule has 2 N–H and O–H groups in total. The van der Waals surface area contributed by atoms with Crippen molar-refractivity contribution in [3.05, 3.63) is 100 Å². The molecule has 0 radical (unpaired) electrons. The molecule has 4 aromatic rings. The fourth-order valence-corrected chi connectivity index (χ4v) is 3.53. The SMILES string of the molecule is Cc1ccc(Cn2ccc3cc(/C=N/NC(=O)c4ccc(O)c(C#N)c4)ccc32)cc1C. The molecule has 0 saturated heterocycles. The highest BCUT2D eigenvalue weighted by atomic mass is 16.3. The number of amides is 1. The van der Waals surface area contributed by atoms with E-state index in [0.29, 0.717) is 0 Å². The Labute approximate surface area is 186 Å². The van der Waals surface area contributed by atoms with Gasteiger partial charge in [-0.15, -0.1) is 0 Å². The lowest BCUT2D eigenvalue weighted by Crippen LogP contribution is -2.17. The second kappa shape index (κ2) is 8.78. The van der Waals surface area contributed by atoms with Gasteiger partial charge in [-0.25, -0.2) is 5.43 Å². The van der Waals surface area contributed by atoms with Crippen molar-refractivity contribution < 1.29 is 9.90 Å². The second-order valence-corrected chi connectivity index (χ2v) is 7.72. The fraction of sp³-hybridized carbons (Fsp3) is 0.115. The zero-order valence-electron chi connectivity index (χ0n) is 17.8. The number of hydrazone groups is 1. The molecule has 32 heavy (non-hydrogen) atoms. The number of rotatable bonds is 5. The van der Waals surface area contributed by atoms with Crippen LogP contribution in [0.5, 0.6) is 5.75 Å². The van der Waals surface area contributed by atoms with Crippen LogP contribution in [-0.4, -0.2) is 21.8 Å². The number of carbonyl (C=O) groups is 1. The number of phenolic OH excluding ortho intramolecular Hbond substituents is 1. The molecule has 1 aromatic heterocycles. The molecular weight excluding hydrogens is 400 g/mol. The molecule has 1 heterocycles. The summed E-state index contributed by atoms with van der Waals surface area (Å²) in [5.74, 6) is -0.622. The number of nitrogens with one attached hydrogen (secondary N) is 1. The van der Waals surface area contributed by atoms with Crippen molar-refractivity contribution in [1.82, 2.24) is 9.99 Å². The van der Waals surface area contributed by atoms with E-state index < -0.39 is 5.91 Å². The Morgan fingerprint density at radius 1 is 1.09 bits per heavy atom. The minimum atomic E-state index is -0.460. The number of carbonyl (C=O) groups excluding carboxylic acids is 1. The largest absolute Gasteiger partial charge is 0.507 e. The zero-order valence-corrected chi connectivity index (χ0v) is 17.8. The van der Waals surface area contributed by atoms with Gasteiger partial charge in [0.1, 0.15) is 11.8 Å². The van der Waals surface area contributed by atoms with Gasteiger partial charge in [0.15, 0.2) is 0 Å². The highest BCUT2D eigenvalue weighted by molar-refractivity contribution is 5.96. The first kappa shape index (κ1) is 20.9. The predicted octanol–water partition coefficient (Wildman–Crippen LogP) is 4.65. The van der Waals surface area contributed by atoms with Crippen LogP contribution in [0.3, 0.4) is 0 Å². The summed E-state index contributed by atoms with van der Waals surface area (Å²) in [6, 6.07) is 20.5. The zero-order chi connectivity index (χ0) is 22.7. The summed E-state index contributed by atoms with van der Waals surface area (Å²) in [6.45, 7) is 5.04. The van der Waals surface area contributed by atoms with Gasteiger partial charge in [-0.3, -0.25) is 4.79 Å². The van der Waals surface area contributed by atoms with Crippen LogP contribution in [0.2, 0.25) is 0 Å². The monoisotopic (exact) mass is 422 g/mol. The number of nitriles is 1. The first-order valence-electron chi connectivity index (χ1n) is 10.2. The first-order chi connectivity index (χ1) is 15.4. The standard InChI is InChI=1S/C26H22N4O2/c1-17-3-4-20(11-18(17)2)16-30-10-9-21-12-19(5-7-24(21)30)15-28-29-26(32)22-6-8-25(31)23(13-22)14-27/h3-13,15,31H,16H2,1-2H3,(H,29,32)/b28-15+. The van der Waals surface area contributed by atoms with E-state index in [1.54, 1.807) is 6.21 Å². The van der Waals surface area contributed by atoms with Crippen LogP contribution in [0, 0.1) is 25.2 Å². The smallest absolute Gasteiger partial charge is 0.271 e. The number of aromatic hydroxyl groups is 1. The van der Waals surface area contributed by atoms with E-state index in [9.17, 15) is 9.90 Å². The third kappa shape index (κ3) is 4.37. The minimum Gasteiger partial charge on any atom is -0.507 e. The van der Waals surface area contributed by atoms with Gasteiger partial charge in [-0.2, -0.15) is 10.4 Å². The van der Waals surface area contributed by atoms with E-state index in [2.05, 4.69) is 59.4 Å². The molecule has 158 valence electrons. The molecule has 6 nitrogen and oxygen atoms in total. The molecule has 0 aliphatic heterocycles. The van der Waals surface area contributed by atoms with Gasteiger partial charge in [-0.1, -0.05) is 24.3 Å². The molecule has 4 rings (SSSR count). The van der Waals surface area contributed by atoms with Crippen molar-refractivity contribution in [1.29, 1.82) is 5.26 Å². The molecule has 6 heteroatoms. The fourth-order valence-electron chi connectivity index (χ4n) is 3.53. The number of benzene rings is 3. The van der Waals surface area contributed by atoms with Crippen LogP contribution < -0.4 is 5.43 Å². The highest BCUT2D eigenvalue weighted by Gasteiger charge is 2.08. The third-order valence-corrected chi connectivity index (χ3v) is 5.48. The maximum atomic E-state index is 12.2. The quantitative estimate of drug-likeness (QED) is 0.362. The number of fused-ring (bicyclic) bond motifs is 1. The Morgan fingerprint density at radius 3 is 2.72 bits per heavy atom. The van der Waals surface area contributed by atoms with Crippen LogP contribution >= 0.6 is 0 Å². The average Bonchev–Trinajstić information content (AvgIpc) is 3.18. The summed E-state index contributed by atoms with van der Waals surface area (Å²) >= 11 is 0. The van der Waals surface area contributed by atoms with Gasteiger partial charge in [-0.05, 0) is 72.5 Å². The van der Waals surface area contributed by atoms with E-state index >= 15 is 0 Å². The number of hydrogen-bond donors (Lipinski definition) is 2. The lowest BCUT2D eigenvalue weighted by atomic mass is 10.1. The number of nitrogens with zero attached hydrogens (tertiary/aromatic N) is 3. The number of aryl methyl sites for hydroxylation is 2. The molecule has 0 aliphatic rings. The van der Waals surface area contributed by atoms with Gasteiger partial charge >= 0.3 is 0 Å². The van der Waals surface area contributed by atoms with Crippen molar-refractivity contribution in [2.24, 2.45) is 5.10 Å². The highest BCUT2D eigenvalue weighted by Crippen LogP contribution is 2.20. The van der Waals surface area contributed by atoms with Crippen LogP contribution in [0.25, 0.3) is 10.9 Å². The molecule has 0 spiro atoms. The molecule has 1 amide bonds. The summed E-state index contributed by atoms with van der Waals surface area (Å²) in [7, 11) is 0. The summed E-state index contributed by atoms with van der Waals surface area (Å²) in [6.07, 6.45) is 3.64. The van der Waals surface area contributed by atoms with E-state index in [-0.39, 0.29) is 16.9 Å². The Kier molecular flexibility index (Phi) is 5.73. The van der Waals surface area contributed by atoms with Crippen molar-refractivity contribution in [2.45, 2.75) is 20.4 Å². The summed E-state index contributed by atoms with van der Waals surface area (Å²) in [5.41, 5.74) is 8.54. The predicted molar refractivity (Wildman–Crippen MR) is 125 cm³/mol. The van der Waals surface area contributed by atoms with Gasteiger partial charge in [0.2, 0.25) is 0 Å². The van der Waals surface area contributed by atoms with Crippen LogP contribution in [0.4, 0.5) is 0 Å². The average molecular weight is 422 g/mol. The lowest BCUT2D eigenvalue weighted by Gasteiger charge is -2.08. The summed E-state index contributed by atoms with van der Waals surface area (Å²) < 4.78 is 2.21. The summed E-state index contributed by atoms with van der Waals surface area (Å²) in [5, 5.41) is 23.6. The van der Waals surface area contributed by atoms with Gasteiger partial charge < -0.3 is 9.67 Å². The normalized spacial score (nSPS) is 11.0. The molecular formula is C26H22N4O2. The molecule has 0 fully saturated rings. The number of aromatic nitrogens is 1. The minimum absolute atomic E-state index is 0.0393. The van der Waals surface area contributed by atoms with Crippen molar-refractivity contribution >= 4 is 23.0 Å². The maximum Gasteiger partial charge on any atom is 0.271 e. The van der Waals surface area contributed by atoms with E-state index in [1.165, 1.54) is 34.9 Å². The molecule has 0 unspecified atom stereocenters. The maximum absolute atomic E-state index is 12.2. The van der Waals surface area contributed by atoms with E-state index in [1.807, 2.05) is 24.3 Å². The molecule has 0 saturated carbocycles.